The molecule has 1 saturated heterocycles. The topological polar surface area (TPSA) is 98.6 Å². The second kappa shape index (κ2) is 9.10. The molecule has 3 heterocycles. The van der Waals surface area contributed by atoms with E-state index in [9.17, 15) is 9.59 Å². The van der Waals surface area contributed by atoms with Crippen LogP contribution < -0.4 is 5.32 Å². The second-order valence-electron chi connectivity index (χ2n) is 7.70. The van der Waals surface area contributed by atoms with Crippen molar-refractivity contribution < 1.29 is 27.8 Å². The number of methoxy groups -OCH3 is 1. The highest BCUT2D eigenvalue weighted by molar-refractivity contribution is 5.94. The summed E-state index contributed by atoms with van der Waals surface area (Å²) < 4.78 is 42.3. The molecule has 1 N–H and O–H groups in total. The first-order chi connectivity index (χ1) is 15.8. The fourth-order valence-corrected chi connectivity index (χ4v) is 3.87. The number of amides is 2. The first kappa shape index (κ1) is 22.6. The van der Waals surface area contributed by atoms with E-state index in [1.165, 1.54) is 19.1 Å². The lowest BCUT2D eigenvalue weighted by molar-refractivity contribution is -0.0310. The summed E-state index contributed by atoms with van der Waals surface area (Å²) in [5, 5.41) is 2.34. The van der Waals surface area contributed by atoms with Crippen LogP contribution in [0.1, 0.15) is 15.9 Å². The Morgan fingerprint density at radius 2 is 2.00 bits per heavy atom. The van der Waals surface area contributed by atoms with E-state index in [1.54, 1.807) is 16.8 Å². The van der Waals surface area contributed by atoms with Gasteiger partial charge in [-0.2, -0.15) is 0 Å². The summed E-state index contributed by atoms with van der Waals surface area (Å²) in [6, 6.07) is 3.70. The third kappa shape index (κ3) is 4.36. The zero-order valence-electron chi connectivity index (χ0n) is 18.4. The molecule has 0 aliphatic carbocycles. The summed E-state index contributed by atoms with van der Waals surface area (Å²) in [5.74, 6) is -2.45. The van der Waals surface area contributed by atoms with E-state index in [-0.39, 0.29) is 36.6 Å². The van der Waals surface area contributed by atoms with Crippen molar-refractivity contribution in [3.05, 3.63) is 47.2 Å². The number of morpholine rings is 1. The first-order valence-electron chi connectivity index (χ1n) is 10.3. The number of fused-ring (bicyclic) bond motifs is 1. The Morgan fingerprint density at radius 3 is 2.67 bits per heavy atom. The molecule has 0 radical (unpaired) electrons. The minimum atomic E-state index is -0.928. The Morgan fingerprint density at radius 1 is 1.27 bits per heavy atom. The molecule has 1 aliphatic heterocycles. The zero-order valence-corrected chi connectivity index (χ0v) is 18.4. The highest BCUT2D eigenvalue weighted by atomic mass is 19.1. The summed E-state index contributed by atoms with van der Waals surface area (Å²) in [7, 11) is 2.68. The third-order valence-corrected chi connectivity index (χ3v) is 5.43. The van der Waals surface area contributed by atoms with E-state index in [2.05, 4.69) is 15.3 Å². The predicted molar refractivity (Wildman–Crippen MR) is 115 cm³/mol. The number of hydrogen-bond donors (Lipinski definition) is 1. The maximum Gasteiger partial charge on any atom is 0.409 e. The molecule has 0 saturated carbocycles. The van der Waals surface area contributed by atoms with Crippen molar-refractivity contribution >= 4 is 23.2 Å². The second-order valence-corrected chi connectivity index (χ2v) is 7.70. The number of rotatable bonds is 4. The number of carbonyl (C=O) groups is 2. The van der Waals surface area contributed by atoms with Crippen LogP contribution in [-0.4, -0.2) is 71.4 Å². The van der Waals surface area contributed by atoms with Gasteiger partial charge in [-0.15, -0.1) is 0 Å². The zero-order chi connectivity index (χ0) is 23.7. The number of aromatic nitrogens is 3. The average molecular weight is 459 g/mol. The minimum Gasteiger partial charge on any atom is -0.453 e. The van der Waals surface area contributed by atoms with Crippen molar-refractivity contribution in [3.63, 3.8) is 0 Å². The van der Waals surface area contributed by atoms with Gasteiger partial charge in [-0.25, -0.2) is 23.5 Å². The number of hydrogen-bond acceptors (Lipinski definition) is 6. The van der Waals surface area contributed by atoms with Crippen molar-refractivity contribution in [2.45, 2.75) is 19.6 Å². The molecule has 1 fully saturated rings. The van der Waals surface area contributed by atoms with Gasteiger partial charge in [0.25, 0.3) is 5.91 Å². The van der Waals surface area contributed by atoms with E-state index in [0.29, 0.717) is 17.7 Å². The van der Waals surface area contributed by atoms with Gasteiger partial charge >= 0.3 is 6.09 Å². The van der Waals surface area contributed by atoms with Crippen LogP contribution in [0.15, 0.2) is 24.4 Å². The van der Waals surface area contributed by atoms with Gasteiger partial charge in [0.05, 0.1) is 38.5 Å². The SMILES string of the molecule is CNC(=O)c1cc(F)c(-c2nc3cc(C)cnc3n2C[C@H]2CN(C(=O)OC)CCO2)c(F)c1. The summed E-state index contributed by atoms with van der Waals surface area (Å²) in [6.07, 6.45) is 0.678. The molecule has 1 atom stereocenters. The Labute approximate surface area is 188 Å². The van der Waals surface area contributed by atoms with Crippen LogP contribution in [0.3, 0.4) is 0 Å². The summed E-state index contributed by atoms with van der Waals surface area (Å²) in [6.45, 7) is 2.88. The Kier molecular flexibility index (Phi) is 6.23. The number of imidazole rings is 1. The number of benzene rings is 1. The van der Waals surface area contributed by atoms with Crippen molar-refractivity contribution in [2.24, 2.45) is 0 Å². The number of ether oxygens (including phenoxy) is 2. The lowest BCUT2D eigenvalue weighted by atomic mass is 10.1. The average Bonchev–Trinajstić information content (AvgIpc) is 3.14. The monoisotopic (exact) mass is 459 g/mol. The fraction of sp³-hybridized carbons (Fsp3) is 0.364. The lowest BCUT2D eigenvalue weighted by Gasteiger charge is -2.32. The Balaban J connectivity index is 1.79. The highest BCUT2D eigenvalue weighted by Crippen LogP contribution is 2.30. The normalized spacial score (nSPS) is 16.2. The highest BCUT2D eigenvalue weighted by Gasteiger charge is 2.28. The minimum absolute atomic E-state index is 0.0142. The molecule has 0 unspecified atom stereocenters. The molecule has 3 aromatic rings. The van der Waals surface area contributed by atoms with E-state index >= 15 is 8.78 Å². The standard InChI is InChI=1S/C22H23F2N5O4/c1-12-6-17-19(26-9-12)29(11-14-10-28(4-5-33-14)22(31)32-3)20(27-17)18-15(23)7-13(8-16(18)24)21(30)25-2/h6-9,14H,4-5,10-11H2,1-3H3,(H,25,30)/t14-/m1/s1. The molecule has 0 spiro atoms. The molecule has 2 amide bonds. The van der Waals surface area contributed by atoms with E-state index in [4.69, 9.17) is 9.47 Å². The van der Waals surface area contributed by atoms with Gasteiger partial charge in [-0.3, -0.25) is 4.79 Å². The van der Waals surface area contributed by atoms with E-state index in [1.807, 2.05) is 6.92 Å². The molecule has 4 rings (SSSR count). The Bertz CT molecular complexity index is 1210. The molecule has 2 aromatic heterocycles. The van der Waals surface area contributed by atoms with Crippen molar-refractivity contribution in [1.82, 2.24) is 24.8 Å². The summed E-state index contributed by atoms with van der Waals surface area (Å²) >= 11 is 0. The largest absolute Gasteiger partial charge is 0.453 e. The van der Waals surface area contributed by atoms with Crippen molar-refractivity contribution in [2.75, 3.05) is 33.9 Å². The van der Waals surface area contributed by atoms with E-state index < -0.39 is 29.7 Å². The lowest BCUT2D eigenvalue weighted by Crippen LogP contribution is -2.47. The van der Waals surface area contributed by atoms with Gasteiger partial charge in [-0.05, 0) is 30.7 Å². The number of nitrogens with one attached hydrogen (secondary N) is 1. The van der Waals surface area contributed by atoms with Gasteiger partial charge in [0.15, 0.2) is 5.65 Å². The van der Waals surface area contributed by atoms with Crippen molar-refractivity contribution in [1.29, 1.82) is 0 Å². The Hall–Kier alpha value is -3.60. The smallest absolute Gasteiger partial charge is 0.409 e. The number of halogens is 2. The van der Waals surface area contributed by atoms with Crippen LogP contribution in [0.25, 0.3) is 22.6 Å². The van der Waals surface area contributed by atoms with Crippen LogP contribution in [0.4, 0.5) is 13.6 Å². The molecule has 1 aliphatic rings. The van der Waals surface area contributed by atoms with Crippen LogP contribution in [0.2, 0.25) is 0 Å². The molecule has 9 nitrogen and oxygen atoms in total. The summed E-state index contributed by atoms with van der Waals surface area (Å²) in [4.78, 5) is 34.2. The third-order valence-electron chi connectivity index (χ3n) is 5.43. The quantitative estimate of drug-likeness (QED) is 0.644. The van der Waals surface area contributed by atoms with Gasteiger partial charge < -0.3 is 24.3 Å². The van der Waals surface area contributed by atoms with Gasteiger partial charge in [0.2, 0.25) is 0 Å². The van der Waals surface area contributed by atoms with Crippen LogP contribution in [-0.2, 0) is 16.0 Å². The molecule has 33 heavy (non-hydrogen) atoms. The molecule has 11 heteroatoms. The van der Waals surface area contributed by atoms with Crippen molar-refractivity contribution in [3.8, 4) is 11.4 Å². The van der Waals surface area contributed by atoms with Gasteiger partial charge in [-0.1, -0.05) is 0 Å². The summed E-state index contributed by atoms with van der Waals surface area (Å²) in [5.41, 5.74) is 1.19. The number of aryl methyl sites for hydroxylation is 1. The first-order valence-corrected chi connectivity index (χ1v) is 10.3. The number of nitrogens with zero attached hydrogens (tertiary/aromatic N) is 4. The van der Waals surface area contributed by atoms with Gasteiger partial charge in [0, 0.05) is 25.4 Å². The van der Waals surface area contributed by atoms with Gasteiger partial charge in [0.1, 0.15) is 23.0 Å². The van der Waals surface area contributed by atoms with Crippen LogP contribution in [0, 0.1) is 18.6 Å². The maximum atomic E-state index is 15.1. The van der Waals surface area contributed by atoms with Crippen LogP contribution >= 0.6 is 0 Å². The van der Waals surface area contributed by atoms with E-state index in [0.717, 1.165) is 17.7 Å². The van der Waals surface area contributed by atoms with Crippen LogP contribution in [0.5, 0.6) is 0 Å². The molecular formula is C22H23F2N5O4. The molecule has 1 aromatic carbocycles. The predicted octanol–water partition coefficient (Wildman–Crippen LogP) is 2.51. The fourth-order valence-electron chi connectivity index (χ4n) is 3.87. The number of carbonyl (C=O) groups excluding carboxylic acids is 2. The number of pyridine rings is 1. The molecular weight excluding hydrogens is 436 g/mol. The molecule has 0 bridgehead atoms. The molecule has 174 valence electrons. The maximum absolute atomic E-state index is 15.1.